The van der Waals surface area contributed by atoms with Gasteiger partial charge in [0.2, 0.25) is 0 Å². The molecule has 3 aromatic rings. The summed E-state index contributed by atoms with van der Waals surface area (Å²) in [5, 5.41) is 9.22. The maximum atomic E-state index is 14.2. The van der Waals surface area contributed by atoms with Crippen molar-refractivity contribution in [2.24, 2.45) is 0 Å². The van der Waals surface area contributed by atoms with Gasteiger partial charge in [-0.15, -0.1) is 0 Å². The van der Waals surface area contributed by atoms with Gasteiger partial charge in [0, 0.05) is 22.8 Å². The van der Waals surface area contributed by atoms with Crippen molar-refractivity contribution in [3.63, 3.8) is 0 Å². The Hall–Kier alpha value is -2.98. The average Bonchev–Trinajstić information content (AvgIpc) is 2.68. The Kier molecular flexibility index (Phi) is 5.90. The quantitative estimate of drug-likeness (QED) is 0.502. The summed E-state index contributed by atoms with van der Waals surface area (Å²) in [4.78, 5) is 19.5. The smallest absolute Gasteiger partial charge is 0.254 e. The Labute approximate surface area is 165 Å². The van der Waals surface area contributed by atoms with E-state index in [9.17, 15) is 13.6 Å². The van der Waals surface area contributed by atoms with Crippen molar-refractivity contribution in [1.82, 2.24) is 9.97 Å². The topological polar surface area (TPSA) is 69.5 Å². The predicted molar refractivity (Wildman–Crippen MR) is 104 cm³/mol. The summed E-state index contributed by atoms with van der Waals surface area (Å²) in [5.41, 5.74) is 1.76. The molecule has 1 atom stereocenters. The van der Waals surface area contributed by atoms with E-state index in [2.05, 4.69) is 16.0 Å². The fraction of sp³-hybridized carbons (Fsp3) is 0.190. The fourth-order valence-electron chi connectivity index (χ4n) is 2.91. The number of nitriles is 1. The van der Waals surface area contributed by atoms with Gasteiger partial charge in [-0.3, -0.25) is 4.79 Å². The lowest BCUT2D eigenvalue weighted by molar-refractivity contribution is 0.543. The van der Waals surface area contributed by atoms with Crippen molar-refractivity contribution in [2.75, 3.05) is 0 Å². The van der Waals surface area contributed by atoms with Gasteiger partial charge in [0.1, 0.15) is 11.6 Å². The van der Waals surface area contributed by atoms with E-state index in [-0.39, 0.29) is 11.1 Å². The molecule has 0 radical (unpaired) electrons. The molecule has 0 aliphatic rings. The molecule has 28 heavy (non-hydrogen) atoms. The number of thioether (sulfide) groups is 1. The number of hydrogen-bond donors (Lipinski definition) is 1. The molecule has 1 N–H and O–H groups in total. The van der Waals surface area contributed by atoms with E-state index in [1.54, 1.807) is 26.0 Å². The standard InChI is InChI=1S/C21H17F2N3OS/c1-12(18-16(22)4-3-5-17(18)23)19-13(2)20(27)26-21(25-19)28-11-15-8-6-14(10-24)7-9-15/h3-9,12H,11H2,1-2H3,(H,25,26,27). The molecule has 0 bridgehead atoms. The van der Waals surface area contributed by atoms with Crippen LogP contribution in [0.15, 0.2) is 52.4 Å². The van der Waals surface area contributed by atoms with E-state index < -0.39 is 17.6 Å². The van der Waals surface area contributed by atoms with Crippen LogP contribution in [0.25, 0.3) is 0 Å². The van der Waals surface area contributed by atoms with Crippen LogP contribution in [0.4, 0.5) is 8.78 Å². The van der Waals surface area contributed by atoms with Gasteiger partial charge >= 0.3 is 0 Å². The third kappa shape index (κ3) is 4.12. The van der Waals surface area contributed by atoms with Crippen molar-refractivity contribution < 1.29 is 8.78 Å². The molecular formula is C21H17F2N3OS. The summed E-state index contributed by atoms with van der Waals surface area (Å²) in [6.07, 6.45) is 0. The molecule has 2 aromatic carbocycles. The highest BCUT2D eigenvalue weighted by Gasteiger charge is 2.22. The minimum atomic E-state index is -0.710. The van der Waals surface area contributed by atoms with Crippen LogP contribution in [-0.4, -0.2) is 9.97 Å². The second-order valence-corrected chi connectivity index (χ2v) is 7.30. The number of aromatic amines is 1. The third-order valence-electron chi connectivity index (χ3n) is 4.47. The van der Waals surface area contributed by atoms with Crippen LogP contribution < -0.4 is 5.56 Å². The first-order valence-electron chi connectivity index (χ1n) is 8.57. The minimum absolute atomic E-state index is 0.105. The Morgan fingerprint density at radius 2 is 1.82 bits per heavy atom. The normalized spacial score (nSPS) is 11.8. The van der Waals surface area contributed by atoms with E-state index in [1.807, 2.05) is 12.1 Å². The number of H-pyrrole nitrogens is 1. The summed E-state index contributed by atoms with van der Waals surface area (Å²) < 4.78 is 28.3. The zero-order chi connectivity index (χ0) is 20.3. The number of nitrogens with one attached hydrogen (secondary N) is 1. The Balaban J connectivity index is 1.90. The van der Waals surface area contributed by atoms with Crippen LogP contribution in [0.3, 0.4) is 0 Å². The van der Waals surface area contributed by atoms with Crippen LogP contribution in [-0.2, 0) is 5.75 Å². The van der Waals surface area contributed by atoms with Crippen LogP contribution >= 0.6 is 11.8 Å². The number of benzene rings is 2. The van der Waals surface area contributed by atoms with Gasteiger partial charge in [-0.25, -0.2) is 13.8 Å². The van der Waals surface area contributed by atoms with Crippen LogP contribution in [0.1, 0.15) is 40.8 Å². The molecule has 0 saturated carbocycles. The van der Waals surface area contributed by atoms with Gasteiger partial charge in [0.05, 0.1) is 17.3 Å². The lowest BCUT2D eigenvalue weighted by Crippen LogP contribution is -2.18. The third-order valence-corrected chi connectivity index (χ3v) is 5.41. The first-order chi connectivity index (χ1) is 13.4. The SMILES string of the molecule is Cc1c(C(C)c2c(F)cccc2F)nc(SCc2ccc(C#N)cc2)[nH]c1=O. The van der Waals surface area contributed by atoms with Crippen LogP contribution in [0.5, 0.6) is 0 Å². The lowest BCUT2D eigenvalue weighted by atomic mass is 9.94. The minimum Gasteiger partial charge on any atom is -0.301 e. The zero-order valence-corrected chi connectivity index (χ0v) is 16.1. The number of hydrogen-bond acceptors (Lipinski definition) is 4. The highest BCUT2D eigenvalue weighted by molar-refractivity contribution is 7.98. The van der Waals surface area contributed by atoms with E-state index in [0.29, 0.717) is 27.7 Å². The largest absolute Gasteiger partial charge is 0.301 e. The molecule has 3 rings (SSSR count). The van der Waals surface area contributed by atoms with E-state index in [0.717, 1.165) is 5.56 Å². The maximum Gasteiger partial charge on any atom is 0.254 e. The molecule has 0 spiro atoms. The summed E-state index contributed by atoms with van der Waals surface area (Å²) in [5.74, 6) is -1.51. The Bertz CT molecular complexity index is 1080. The van der Waals surface area contributed by atoms with Crippen molar-refractivity contribution in [3.8, 4) is 6.07 Å². The monoisotopic (exact) mass is 397 g/mol. The Morgan fingerprint density at radius 1 is 1.18 bits per heavy atom. The summed E-state index contributed by atoms with van der Waals surface area (Å²) >= 11 is 1.31. The molecule has 142 valence electrons. The van der Waals surface area contributed by atoms with Crippen LogP contribution in [0, 0.1) is 29.9 Å². The van der Waals surface area contributed by atoms with Gasteiger partial charge in [-0.2, -0.15) is 5.26 Å². The molecule has 1 aromatic heterocycles. The van der Waals surface area contributed by atoms with Gasteiger partial charge < -0.3 is 4.98 Å². The van der Waals surface area contributed by atoms with Crippen molar-refractivity contribution >= 4 is 11.8 Å². The molecule has 7 heteroatoms. The average molecular weight is 397 g/mol. The molecule has 1 unspecified atom stereocenters. The highest BCUT2D eigenvalue weighted by atomic mass is 32.2. The predicted octanol–water partition coefficient (Wildman–Crippen LogP) is 4.67. The highest BCUT2D eigenvalue weighted by Crippen LogP contribution is 2.29. The van der Waals surface area contributed by atoms with Crippen molar-refractivity contribution in [1.29, 1.82) is 5.26 Å². The molecule has 0 fully saturated rings. The molecular weight excluding hydrogens is 380 g/mol. The number of aromatic nitrogens is 2. The number of halogens is 2. The van der Waals surface area contributed by atoms with Crippen LogP contribution in [0.2, 0.25) is 0 Å². The molecule has 0 aliphatic carbocycles. The lowest BCUT2D eigenvalue weighted by Gasteiger charge is -2.16. The van der Waals surface area contributed by atoms with E-state index in [4.69, 9.17) is 5.26 Å². The molecule has 0 saturated heterocycles. The maximum absolute atomic E-state index is 14.2. The van der Waals surface area contributed by atoms with E-state index >= 15 is 0 Å². The molecule has 1 heterocycles. The molecule has 0 aliphatic heterocycles. The summed E-state index contributed by atoms with van der Waals surface area (Å²) in [6.45, 7) is 3.22. The van der Waals surface area contributed by atoms with E-state index in [1.165, 1.54) is 30.0 Å². The molecule has 4 nitrogen and oxygen atoms in total. The van der Waals surface area contributed by atoms with Gasteiger partial charge in [0.15, 0.2) is 5.16 Å². The van der Waals surface area contributed by atoms with Gasteiger partial charge in [-0.05, 0) is 36.8 Å². The van der Waals surface area contributed by atoms with Crippen molar-refractivity contribution in [3.05, 3.63) is 92.4 Å². The van der Waals surface area contributed by atoms with Crippen molar-refractivity contribution in [2.45, 2.75) is 30.7 Å². The Morgan fingerprint density at radius 3 is 2.43 bits per heavy atom. The fourth-order valence-corrected chi connectivity index (χ4v) is 3.73. The zero-order valence-electron chi connectivity index (χ0n) is 15.3. The summed E-state index contributed by atoms with van der Waals surface area (Å²) in [7, 11) is 0. The first-order valence-corrected chi connectivity index (χ1v) is 9.55. The van der Waals surface area contributed by atoms with Gasteiger partial charge in [-0.1, -0.05) is 36.9 Å². The summed E-state index contributed by atoms with van der Waals surface area (Å²) in [6, 6.07) is 12.8. The molecule has 0 amide bonds. The number of nitrogens with zero attached hydrogens (tertiary/aromatic N) is 2. The number of rotatable bonds is 5. The second kappa shape index (κ2) is 8.36. The van der Waals surface area contributed by atoms with Gasteiger partial charge in [0.25, 0.3) is 5.56 Å². The second-order valence-electron chi connectivity index (χ2n) is 6.34. The first kappa shape index (κ1) is 19.8.